The van der Waals surface area contributed by atoms with Crippen molar-refractivity contribution >= 4 is 29.1 Å². The maximum absolute atomic E-state index is 12.3. The topological polar surface area (TPSA) is 80.3 Å². The Morgan fingerprint density at radius 3 is 2.48 bits per heavy atom. The number of nitrogens with one attached hydrogen (secondary N) is 2. The molecule has 2 N–H and O–H groups in total. The van der Waals surface area contributed by atoms with Crippen LogP contribution in [0, 0.1) is 6.92 Å². The number of pyridine rings is 1. The fourth-order valence-electron chi connectivity index (χ4n) is 2.56. The highest BCUT2D eigenvalue weighted by Crippen LogP contribution is 2.19. The lowest BCUT2D eigenvalue weighted by atomic mass is 10.1. The largest absolute Gasteiger partial charge is 0.465 e. The van der Waals surface area contributed by atoms with Gasteiger partial charge in [-0.3, -0.25) is 4.79 Å². The SMILES string of the molecule is COC(=O)c1cccc(Nc2ccc(NC(=O)c3ccccc3C)nc2)c1. The zero-order chi connectivity index (χ0) is 19.2. The number of methoxy groups -OCH3 is 1. The van der Waals surface area contributed by atoms with Crippen molar-refractivity contribution in [1.29, 1.82) is 0 Å². The number of nitrogens with zero attached hydrogens (tertiary/aromatic N) is 1. The number of esters is 1. The second kappa shape index (κ2) is 8.14. The molecular weight excluding hydrogens is 342 g/mol. The van der Waals surface area contributed by atoms with Gasteiger partial charge in [-0.15, -0.1) is 0 Å². The molecule has 0 spiro atoms. The third-order valence-electron chi connectivity index (χ3n) is 3.97. The van der Waals surface area contributed by atoms with E-state index in [1.54, 1.807) is 42.6 Å². The number of hydrogen-bond donors (Lipinski definition) is 2. The lowest BCUT2D eigenvalue weighted by Gasteiger charge is -2.10. The molecule has 2 aromatic carbocycles. The van der Waals surface area contributed by atoms with Crippen LogP contribution in [0.5, 0.6) is 0 Å². The Kier molecular flexibility index (Phi) is 5.47. The van der Waals surface area contributed by atoms with Gasteiger partial charge in [0.25, 0.3) is 5.91 Å². The van der Waals surface area contributed by atoms with E-state index in [1.807, 2.05) is 31.2 Å². The van der Waals surface area contributed by atoms with Crippen molar-refractivity contribution in [2.75, 3.05) is 17.7 Å². The molecule has 27 heavy (non-hydrogen) atoms. The van der Waals surface area contributed by atoms with Gasteiger partial charge >= 0.3 is 5.97 Å². The first kappa shape index (κ1) is 18.1. The molecule has 0 saturated carbocycles. The van der Waals surface area contributed by atoms with Crippen molar-refractivity contribution in [1.82, 2.24) is 4.98 Å². The predicted molar refractivity (Wildman–Crippen MR) is 104 cm³/mol. The van der Waals surface area contributed by atoms with Crippen LogP contribution >= 0.6 is 0 Å². The Morgan fingerprint density at radius 2 is 1.78 bits per heavy atom. The molecule has 3 rings (SSSR count). The molecule has 1 amide bonds. The number of benzene rings is 2. The van der Waals surface area contributed by atoms with Gasteiger partial charge in [-0.05, 0) is 48.9 Å². The van der Waals surface area contributed by atoms with Crippen LogP contribution in [-0.4, -0.2) is 24.0 Å². The summed E-state index contributed by atoms with van der Waals surface area (Å²) in [5.74, 6) is -0.143. The van der Waals surface area contributed by atoms with E-state index in [9.17, 15) is 9.59 Å². The Balaban J connectivity index is 1.68. The molecule has 0 fully saturated rings. The standard InChI is InChI=1S/C21H19N3O3/c1-14-6-3-4-9-18(14)20(25)24-19-11-10-17(13-22-19)23-16-8-5-7-15(12-16)21(26)27-2/h3-13,23H,1-2H3,(H,22,24,25). The van der Waals surface area contributed by atoms with E-state index in [0.29, 0.717) is 16.9 Å². The van der Waals surface area contributed by atoms with Crippen LogP contribution in [0.2, 0.25) is 0 Å². The predicted octanol–water partition coefficient (Wildman–Crippen LogP) is 4.17. The quantitative estimate of drug-likeness (QED) is 0.667. The minimum absolute atomic E-state index is 0.202. The highest BCUT2D eigenvalue weighted by Gasteiger charge is 2.09. The first-order valence-electron chi connectivity index (χ1n) is 8.35. The van der Waals surface area contributed by atoms with Crippen molar-refractivity contribution in [3.63, 3.8) is 0 Å². The van der Waals surface area contributed by atoms with Gasteiger partial charge in [-0.25, -0.2) is 9.78 Å². The van der Waals surface area contributed by atoms with Crippen LogP contribution in [0.1, 0.15) is 26.3 Å². The van der Waals surface area contributed by atoms with E-state index in [1.165, 1.54) is 7.11 Å². The molecule has 0 bridgehead atoms. The number of carbonyl (C=O) groups is 2. The van der Waals surface area contributed by atoms with Crippen molar-refractivity contribution in [2.45, 2.75) is 6.92 Å². The van der Waals surface area contributed by atoms with Gasteiger partial charge in [0, 0.05) is 11.3 Å². The Hall–Kier alpha value is -3.67. The molecule has 6 heteroatoms. The van der Waals surface area contributed by atoms with E-state index in [4.69, 9.17) is 4.74 Å². The molecule has 1 aromatic heterocycles. The van der Waals surface area contributed by atoms with Gasteiger partial charge in [0.2, 0.25) is 0 Å². The number of anilines is 3. The van der Waals surface area contributed by atoms with Crippen LogP contribution in [0.3, 0.4) is 0 Å². The Labute approximate surface area is 157 Å². The minimum atomic E-state index is -0.397. The summed E-state index contributed by atoms with van der Waals surface area (Å²) in [7, 11) is 1.34. The number of carbonyl (C=O) groups excluding carboxylic acids is 2. The molecule has 0 unspecified atom stereocenters. The number of rotatable bonds is 5. The fraction of sp³-hybridized carbons (Fsp3) is 0.0952. The Morgan fingerprint density at radius 1 is 0.963 bits per heavy atom. The Bertz CT molecular complexity index is 968. The molecule has 0 aliphatic rings. The number of aryl methyl sites for hydroxylation is 1. The summed E-state index contributed by atoms with van der Waals surface area (Å²) in [6.07, 6.45) is 1.61. The normalized spacial score (nSPS) is 10.1. The van der Waals surface area contributed by atoms with Gasteiger partial charge in [-0.1, -0.05) is 24.3 Å². The van der Waals surface area contributed by atoms with Crippen LogP contribution in [-0.2, 0) is 4.74 Å². The van der Waals surface area contributed by atoms with Crippen LogP contribution in [0.25, 0.3) is 0 Å². The average molecular weight is 361 g/mol. The van der Waals surface area contributed by atoms with Gasteiger partial charge < -0.3 is 15.4 Å². The maximum Gasteiger partial charge on any atom is 0.337 e. The highest BCUT2D eigenvalue weighted by atomic mass is 16.5. The maximum atomic E-state index is 12.3. The molecule has 0 atom stereocenters. The molecule has 3 aromatic rings. The number of aromatic nitrogens is 1. The monoisotopic (exact) mass is 361 g/mol. The summed E-state index contributed by atoms with van der Waals surface area (Å²) in [5.41, 5.74) is 3.43. The van der Waals surface area contributed by atoms with Gasteiger partial charge in [0.15, 0.2) is 0 Å². The third kappa shape index (κ3) is 4.49. The highest BCUT2D eigenvalue weighted by molar-refractivity contribution is 6.04. The lowest BCUT2D eigenvalue weighted by molar-refractivity contribution is 0.0600. The zero-order valence-electron chi connectivity index (χ0n) is 15.0. The summed E-state index contributed by atoms with van der Waals surface area (Å²) in [5, 5.41) is 5.94. The lowest BCUT2D eigenvalue weighted by Crippen LogP contribution is -2.14. The molecule has 0 aliphatic heterocycles. The molecule has 136 valence electrons. The summed E-state index contributed by atoms with van der Waals surface area (Å²) < 4.78 is 4.72. The van der Waals surface area contributed by atoms with E-state index < -0.39 is 5.97 Å². The van der Waals surface area contributed by atoms with Crippen LogP contribution in [0.15, 0.2) is 66.9 Å². The summed E-state index contributed by atoms with van der Waals surface area (Å²) in [4.78, 5) is 28.2. The summed E-state index contributed by atoms with van der Waals surface area (Å²) in [6.45, 7) is 1.89. The van der Waals surface area contributed by atoms with Gasteiger partial charge in [-0.2, -0.15) is 0 Å². The van der Waals surface area contributed by atoms with Crippen molar-refractivity contribution in [3.8, 4) is 0 Å². The van der Waals surface area contributed by atoms with E-state index >= 15 is 0 Å². The smallest absolute Gasteiger partial charge is 0.337 e. The number of ether oxygens (including phenoxy) is 1. The van der Waals surface area contributed by atoms with Gasteiger partial charge in [0.1, 0.15) is 5.82 Å². The fourth-order valence-corrected chi connectivity index (χ4v) is 2.56. The average Bonchev–Trinajstić information content (AvgIpc) is 2.69. The second-order valence-electron chi connectivity index (χ2n) is 5.90. The van der Waals surface area contributed by atoms with Crippen molar-refractivity contribution in [2.24, 2.45) is 0 Å². The van der Waals surface area contributed by atoms with Crippen LogP contribution in [0.4, 0.5) is 17.2 Å². The van der Waals surface area contributed by atoms with E-state index in [0.717, 1.165) is 16.9 Å². The molecule has 1 heterocycles. The minimum Gasteiger partial charge on any atom is -0.465 e. The van der Waals surface area contributed by atoms with E-state index in [-0.39, 0.29) is 5.91 Å². The molecule has 0 radical (unpaired) electrons. The van der Waals surface area contributed by atoms with Crippen molar-refractivity contribution < 1.29 is 14.3 Å². The molecular formula is C21H19N3O3. The number of hydrogen-bond acceptors (Lipinski definition) is 5. The number of amides is 1. The zero-order valence-corrected chi connectivity index (χ0v) is 15.0. The first-order valence-corrected chi connectivity index (χ1v) is 8.35. The summed E-state index contributed by atoms with van der Waals surface area (Å²) in [6, 6.07) is 17.9. The molecule has 0 saturated heterocycles. The third-order valence-corrected chi connectivity index (χ3v) is 3.97. The van der Waals surface area contributed by atoms with Gasteiger partial charge in [0.05, 0.1) is 24.6 Å². The molecule has 0 aliphatic carbocycles. The second-order valence-corrected chi connectivity index (χ2v) is 5.90. The first-order chi connectivity index (χ1) is 13.1. The van der Waals surface area contributed by atoms with E-state index in [2.05, 4.69) is 15.6 Å². The van der Waals surface area contributed by atoms with Crippen molar-refractivity contribution in [3.05, 3.63) is 83.6 Å². The molecule has 6 nitrogen and oxygen atoms in total. The summed E-state index contributed by atoms with van der Waals surface area (Å²) >= 11 is 0. The van der Waals surface area contributed by atoms with Crippen LogP contribution < -0.4 is 10.6 Å².